The Hall–Kier alpha value is -2.65. The molecule has 1 fully saturated rings. The maximum atomic E-state index is 13.9. The van der Waals surface area contributed by atoms with E-state index in [1.54, 1.807) is 24.3 Å². The summed E-state index contributed by atoms with van der Waals surface area (Å²) in [6.07, 6.45) is 0. The predicted octanol–water partition coefficient (Wildman–Crippen LogP) is 1.78. The highest BCUT2D eigenvalue weighted by atomic mass is 32.2. The third kappa shape index (κ3) is 5.70. The molecule has 1 amide bonds. The van der Waals surface area contributed by atoms with E-state index in [9.17, 15) is 17.6 Å². The molecule has 7 nitrogen and oxygen atoms in total. The van der Waals surface area contributed by atoms with Gasteiger partial charge in [0.1, 0.15) is 11.6 Å². The van der Waals surface area contributed by atoms with Gasteiger partial charge in [0.15, 0.2) is 6.61 Å². The molecule has 1 aliphatic heterocycles. The topological polar surface area (TPSA) is 78.9 Å². The number of anilines is 1. The smallest absolute Gasteiger partial charge is 0.257 e. The molecule has 2 aromatic carbocycles. The summed E-state index contributed by atoms with van der Waals surface area (Å²) < 4.78 is 45.9. The lowest BCUT2D eigenvalue weighted by molar-refractivity contribution is -0.122. The Morgan fingerprint density at radius 2 is 1.73 bits per heavy atom. The van der Waals surface area contributed by atoms with Gasteiger partial charge in [-0.3, -0.25) is 4.79 Å². The van der Waals surface area contributed by atoms with Crippen LogP contribution in [-0.4, -0.2) is 63.7 Å². The van der Waals surface area contributed by atoms with Crippen LogP contribution in [-0.2, 0) is 14.8 Å². The summed E-state index contributed by atoms with van der Waals surface area (Å²) in [5, 5.41) is 2.58. The summed E-state index contributed by atoms with van der Waals surface area (Å²) in [6, 6.07) is 13.8. The van der Waals surface area contributed by atoms with Crippen molar-refractivity contribution in [1.29, 1.82) is 0 Å². The van der Waals surface area contributed by atoms with Crippen molar-refractivity contribution in [1.82, 2.24) is 9.62 Å². The highest BCUT2D eigenvalue weighted by molar-refractivity contribution is 7.89. The molecule has 0 spiro atoms. The summed E-state index contributed by atoms with van der Waals surface area (Å²) >= 11 is 0. The van der Waals surface area contributed by atoms with Crippen LogP contribution < -0.4 is 15.0 Å². The van der Waals surface area contributed by atoms with Crippen LogP contribution in [0.25, 0.3) is 0 Å². The van der Waals surface area contributed by atoms with E-state index in [0.717, 1.165) is 5.56 Å². The van der Waals surface area contributed by atoms with Gasteiger partial charge in [-0.15, -0.1) is 0 Å². The molecule has 9 heteroatoms. The third-order valence-corrected chi connectivity index (χ3v) is 6.83. The first-order valence-corrected chi connectivity index (χ1v) is 11.4. The number of halogens is 1. The lowest BCUT2D eigenvalue weighted by Crippen LogP contribution is -2.50. The highest BCUT2D eigenvalue weighted by Crippen LogP contribution is 2.21. The molecule has 0 radical (unpaired) electrons. The van der Waals surface area contributed by atoms with Crippen LogP contribution in [0.4, 0.5) is 10.1 Å². The zero-order chi connectivity index (χ0) is 21.6. The van der Waals surface area contributed by atoms with Crippen LogP contribution in [0.15, 0.2) is 48.5 Å². The third-order valence-electron chi connectivity index (χ3n) is 4.96. The minimum absolute atomic E-state index is 0.00578. The van der Waals surface area contributed by atoms with Crippen molar-refractivity contribution in [2.24, 2.45) is 0 Å². The van der Waals surface area contributed by atoms with E-state index in [1.807, 2.05) is 30.0 Å². The quantitative estimate of drug-likeness (QED) is 0.684. The van der Waals surface area contributed by atoms with Crippen molar-refractivity contribution >= 4 is 21.6 Å². The normalized spacial score (nSPS) is 15.1. The molecule has 30 heavy (non-hydrogen) atoms. The number of piperazine rings is 1. The van der Waals surface area contributed by atoms with Gasteiger partial charge in [0, 0.05) is 32.7 Å². The standard InChI is InChI=1S/C21H26FN3O4S/c1-17-6-2-5-9-20(17)29-16-21(26)23-10-15-30(27,28)25-13-11-24(12-14-25)19-8-4-3-7-18(19)22/h2-9H,10-16H2,1H3,(H,23,26). The molecule has 0 bridgehead atoms. The summed E-state index contributed by atoms with van der Waals surface area (Å²) in [5.41, 5.74) is 1.40. The van der Waals surface area contributed by atoms with E-state index < -0.39 is 10.0 Å². The van der Waals surface area contributed by atoms with Gasteiger partial charge in [0.05, 0.1) is 11.4 Å². The van der Waals surface area contributed by atoms with Gasteiger partial charge in [0.25, 0.3) is 5.91 Å². The molecule has 1 N–H and O–H groups in total. The Bertz CT molecular complexity index is 976. The van der Waals surface area contributed by atoms with Crippen molar-refractivity contribution < 1.29 is 22.3 Å². The zero-order valence-electron chi connectivity index (χ0n) is 16.9. The van der Waals surface area contributed by atoms with Gasteiger partial charge < -0.3 is 15.0 Å². The molecule has 0 unspecified atom stereocenters. The second kappa shape index (κ2) is 9.90. The number of nitrogens with one attached hydrogen (secondary N) is 1. The first kappa shape index (κ1) is 22.0. The molecule has 0 saturated carbocycles. The van der Waals surface area contributed by atoms with E-state index in [0.29, 0.717) is 24.5 Å². The minimum atomic E-state index is -3.51. The lowest BCUT2D eigenvalue weighted by Gasteiger charge is -2.35. The van der Waals surface area contributed by atoms with Gasteiger partial charge in [0.2, 0.25) is 10.0 Å². The van der Waals surface area contributed by atoms with E-state index in [2.05, 4.69) is 5.32 Å². The monoisotopic (exact) mass is 435 g/mol. The van der Waals surface area contributed by atoms with Crippen LogP contribution in [0.3, 0.4) is 0 Å². The lowest BCUT2D eigenvalue weighted by atomic mass is 10.2. The predicted molar refractivity (Wildman–Crippen MR) is 114 cm³/mol. The van der Waals surface area contributed by atoms with Gasteiger partial charge >= 0.3 is 0 Å². The number of benzene rings is 2. The molecule has 1 heterocycles. The summed E-state index contributed by atoms with van der Waals surface area (Å²) in [6.45, 7) is 3.10. The molecule has 0 atom stereocenters. The number of nitrogens with zero attached hydrogens (tertiary/aromatic N) is 2. The Kier molecular flexibility index (Phi) is 7.28. The Morgan fingerprint density at radius 1 is 1.07 bits per heavy atom. The second-order valence-corrected chi connectivity index (χ2v) is 9.15. The summed E-state index contributed by atoms with van der Waals surface area (Å²) in [7, 11) is -3.51. The SMILES string of the molecule is Cc1ccccc1OCC(=O)NCCS(=O)(=O)N1CCN(c2ccccc2F)CC1. The van der Waals surface area contributed by atoms with Gasteiger partial charge in [-0.1, -0.05) is 30.3 Å². The molecule has 0 aliphatic carbocycles. The van der Waals surface area contributed by atoms with Gasteiger partial charge in [-0.05, 0) is 30.7 Å². The van der Waals surface area contributed by atoms with Crippen molar-refractivity contribution in [3.63, 3.8) is 0 Å². The van der Waals surface area contributed by atoms with Crippen molar-refractivity contribution in [2.75, 3.05) is 50.0 Å². The number of rotatable bonds is 8. The van der Waals surface area contributed by atoms with Crippen LogP contribution >= 0.6 is 0 Å². The van der Waals surface area contributed by atoms with Crippen LogP contribution in [0, 0.1) is 12.7 Å². The van der Waals surface area contributed by atoms with Gasteiger partial charge in [-0.25, -0.2) is 12.8 Å². The number of sulfonamides is 1. The number of para-hydroxylation sites is 2. The summed E-state index contributed by atoms with van der Waals surface area (Å²) in [5.74, 6) is -0.266. The first-order valence-electron chi connectivity index (χ1n) is 9.79. The molecule has 1 saturated heterocycles. The largest absolute Gasteiger partial charge is 0.484 e. The maximum Gasteiger partial charge on any atom is 0.257 e. The van der Waals surface area contributed by atoms with Gasteiger partial charge in [-0.2, -0.15) is 4.31 Å². The number of amides is 1. The molecular weight excluding hydrogens is 409 g/mol. The van der Waals surface area contributed by atoms with E-state index >= 15 is 0 Å². The van der Waals surface area contributed by atoms with Crippen molar-refractivity contribution in [3.8, 4) is 5.75 Å². The van der Waals surface area contributed by atoms with Crippen LogP contribution in [0.2, 0.25) is 0 Å². The molecule has 0 aromatic heterocycles. The Morgan fingerprint density at radius 3 is 2.43 bits per heavy atom. The first-order chi connectivity index (χ1) is 14.4. The Labute approximate surface area is 176 Å². The number of hydrogen-bond acceptors (Lipinski definition) is 5. The fraction of sp³-hybridized carbons (Fsp3) is 0.381. The highest BCUT2D eigenvalue weighted by Gasteiger charge is 2.27. The molecule has 2 aromatic rings. The summed E-state index contributed by atoms with van der Waals surface area (Å²) in [4.78, 5) is 13.8. The zero-order valence-corrected chi connectivity index (χ0v) is 17.7. The maximum absolute atomic E-state index is 13.9. The average Bonchev–Trinajstić information content (AvgIpc) is 2.73. The van der Waals surface area contributed by atoms with E-state index in [-0.39, 0.29) is 43.7 Å². The molecule has 1 aliphatic rings. The number of aryl methyl sites for hydroxylation is 1. The fourth-order valence-corrected chi connectivity index (χ4v) is 4.61. The second-order valence-electron chi connectivity index (χ2n) is 7.06. The molecule has 162 valence electrons. The fourth-order valence-electron chi connectivity index (χ4n) is 3.28. The van der Waals surface area contributed by atoms with Crippen LogP contribution in [0.5, 0.6) is 5.75 Å². The van der Waals surface area contributed by atoms with E-state index in [1.165, 1.54) is 10.4 Å². The van der Waals surface area contributed by atoms with Crippen molar-refractivity contribution in [2.45, 2.75) is 6.92 Å². The number of hydrogen-bond donors (Lipinski definition) is 1. The van der Waals surface area contributed by atoms with Crippen LogP contribution in [0.1, 0.15) is 5.56 Å². The van der Waals surface area contributed by atoms with E-state index in [4.69, 9.17) is 4.74 Å². The minimum Gasteiger partial charge on any atom is -0.484 e. The molecule has 3 rings (SSSR count). The molecular formula is C21H26FN3O4S. The Balaban J connectivity index is 1.42. The van der Waals surface area contributed by atoms with Crippen molar-refractivity contribution in [3.05, 3.63) is 59.9 Å². The number of ether oxygens (including phenoxy) is 1. The number of carbonyl (C=O) groups is 1. The average molecular weight is 436 g/mol. The number of carbonyl (C=O) groups excluding carboxylic acids is 1.